The van der Waals surface area contributed by atoms with E-state index in [0.717, 1.165) is 0 Å². The first-order chi connectivity index (χ1) is 15.3. The highest BCUT2D eigenvalue weighted by Gasteiger charge is 2.48. The highest BCUT2D eigenvalue weighted by molar-refractivity contribution is 7.91. The Hall–Kier alpha value is -3.33. The lowest BCUT2D eigenvalue weighted by Gasteiger charge is -2.30. The van der Waals surface area contributed by atoms with Gasteiger partial charge in [-0.15, -0.1) is 0 Å². The van der Waals surface area contributed by atoms with E-state index in [2.05, 4.69) is 0 Å². The number of phenols is 1. The number of ether oxygens (including phenoxy) is 1. The van der Waals surface area contributed by atoms with E-state index in [1.807, 2.05) is 0 Å². The normalized spacial score (nSPS) is 21.8. The van der Waals surface area contributed by atoms with Crippen molar-refractivity contribution in [2.24, 2.45) is 0 Å². The number of benzene rings is 2. The van der Waals surface area contributed by atoms with E-state index in [9.17, 15) is 23.1 Å². The number of para-hydroxylation sites is 1. The molecule has 9 heteroatoms. The molecular formula is C23H21NO7S. The fourth-order valence-electron chi connectivity index (χ4n) is 4.61. The van der Waals surface area contributed by atoms with Crippen molar-refractivity contribution < 1.29 is 27.5 Å². The zero-order valence-electron chi connectivity index (χ0n) is 17.3. The number of carbonyl (C=O) groups is 1. The van der Waals surface area contributed by atoms with Gasteiger partial charge in [0.25, 0.3) is 5.91 Å². The van der Waals surface area contributed by atoms with Crippen LogP contribution in [0.15, 0.2) is 51.7 Å². The van der Waals surface area contributed by atoms with Crippen LogP contribution in [0.4, 0.5) is 0 Å². The van der Waals surface area contributed by atoms with E-state index < -0.39 is 27.8 Å². The van der Waals surface area contributed by atoms with Crippen molar-refractivity contribution in [3.8, 4) is 11.5 Å². The van der Waals surface area contributed by atoms with Crippen LogP contribution in [0.25, 0.3) is 11.0 Å². The number of amides is 1. The molecule has 2 atom stereocenters. The summed E-state index contributed by atoms with van der Waals surface area (Å²) >= 11 is 0. The summed E-state index contributed by atoms with van der Waals surface area (Å²) in [5.74, 6) is -0.633. The fourth-order valence-corrected chi connectivity index (χ4v) is 6.32. The van der Waals surface area contributed by atoms with Crippen LogP contribution in [0, 0.1) is 0 Å². The summed E-state index contributed by atoms with van der Waals surface area (Å²) in [5.41, 5.74) is 0.663. The second-order valence-electron chi connectivity index (χ2n) is 8.00. The summed E-state index contributed by atoms with van der Waals surface area (Å²) in [6.45, 7) is 2.09. The summed E-state index contributed by atoms with van der Waals surface area (Å²) in [7, 11) is -3.29. The van der Waals surface area contributed by atoms with Gasteiger partial charge in [0.2, 0.25) is 5.76 Å². The molecule has 32 heavy (non-hydrogen) atoms. The molecule has 0 radical (unpaired) electrons. The maximum atomic E-state index is 13.5. The van der Waals surface area contributed by atoms with Crippen LogP contribution in [0.1, 0.15) is 41.1 Å². The Morgan fingerprint density at radius 3 is 2.69 bits per heavy atom. The van der Waals surface area contributed by atoms with Gasteiger partial charge in [0.05, 0.1) is 35.1 Å². The number of hydrogen-bond donors (Lipinski definition) is 1. The molecule has 0 unspecified atom stereocenters. The van der Waals surface area contributed by atoms with Crippen LogP contribution in [0.3, 0.4) is 0 Å². The first-order valence-corrected chi connectivity index (χ1v) is 12.2. The zero-order chi connectivity index (χ0) is 22.6. The minimum absolute atomic E-state index is 0.0202. The molecule has 0 spiro atoms. The van der Waals surface area contributed by atoms with Crippen LogP contribution in [-0.4, -0.2) is 48.5 Å². The van der Waals surface area contributed by atoms with Gasteiger partial charge in [0.15, 0.2) is 26.8 Å². The molecule has 0 saturated carbocycles. The van der Waals surface area contributed by atoms with E-state index in [4.69, 9.17) is 9.15 Å². The molecule has 0 bridgehead atoms. The SMILES string of the molecule is CCOc1cc([C@H]2c3c(oc4ccccc4c3=O)C(=O)N2[C@H]2CCS(=O)(=O)C2)ccc1O. The molecule has 3 heterocycles. The molecule has 0 aliphatic carbocycles. The van der Waals surface area contributed by atoms with Crippen molar-refractivity contribution in [2.45, 2.75) is 25.4 Å². The largest absolute Gasteiger partial charge is 0.504 e. The second-order valence-corrected chi connectivity index (χ2v) is 10.2. The van der Waals surface area contributed by atoms with Gasteiger partial charge in [-0.1, -0.05) is 18.2 Å². The Balaban J connectivity index is 1.75. The van der Waals surface area contributed by atoms with Crippen LogP contribution >= 0.6 is 0 Å². The van der Waals surface area contributed by atoms with Gasteiger partial charge >= 0.3 is 0 Å². The first kappa shape index (κ1) is 20.6. The number of phenolic OH excluding ortho intramolecular Hbond substituents is 1. The Kier molecular flexibility index (Phi) is 4.74. The Labute approximate surface area is 183 Å². The fraction of sp³-hybridized carbons (Fsp3) is 0.304. The van der Waals surface area contributed by atoms with Crippen molar-refractivity contribution in [1.29, 1.82) is 0 Å². The molecule has 5 rings (SSSR count). The lowest BCUT2D eigenvalue weighted by molar-refractivity contribution is 0.0662. The van der Waals surface area contributed by atoms with Gasteiger partial charge in [-0.3, -0.25) is 9.59 Å². The molecule has 1 amide bonds. The summed E-state index contributed by atoms with van der Waals surface area (Å²) in [6.07, 6.45) is 0.280. The average Bonchev–Trinajstić information content (AvgIpc) is 3.27. The number of fused-ring (bicyclic) bond motifs is 2. The monoisotopic (exact) mass is 455 g/mol. The molecule has 1 N–H and O–H groups in total. The topological polar surface area (TPSA) is 114 Å². The van der Waals surface area contributed by atoms with Crippen molar-refractivity contribution in [3.05, 3.63) is 69.6 Å². The molecule has 1 fully saturated rings. The Morgan fingerprint density at radius 1 is 1.19 bits per heavy atom. The summed E-state index contributed by atoms with van der Waals surface area (Å²) in [5, 5.41) is 10.5. The first-order valence-electron chi connectivity index (χ1n) is 10.3. The Morgan fingerprint density at radius 2 is 1.97 bits per heavy atom. The van der Waals surface area contributed by atoms with Gasteiger partial charge in [0, 0.05) is 6.04 Å². The molecule has 2 aromatic carbocycles. The molecule has 166 valence electrons. The number of nitrogens with zero attached hydrogens (tertiary/aromatic N) is 1. The van der Waals surface area contributed by atoms with Gasteiger partial charge in [-0.25, -0.2) is 8.42 Å². The van der Waals surface area contributed by atoms with Gasteiger partial charge in [-0.2, -0.15) is 0 Å². The van der Waals surface area contributed by atoms with Crippen molar-refractivity contribution in [2.75, 3.05) is 18.1 Å². The van der Waals surface area contributed by atoms with Crippen molar-refractivity contribution in [3.63, 3.8) is 0 Å². The predicted octanol–water partition coefficient (Wildman–Crippen LogP) is 2.63. The molecule has 2 aliphatic heterocycles. The molecule has 1 saturated heterocycles. The van der Waals surface area contributed by atoms with E-state index in [0.29, 0.717) is 23.1 Å². The summed E-state index contributed by atoms with van der Waals surface area (Å²) in [4.78, 5) is 28.4. The third-order valence-corrected chi connectivity index (χ3v) is 7.76. The highest BCUT2D eigenvalue weighted by atomic mass is 32.2. The minimum Gasteiger partial charge on any atom is -0.504 e. The van der Waals surface area contributed by atoms with Gasteiger partial charge in [0.1, 0.15) is 5.58 Å². The number of aromatic hydroxyl groups is 1. The predicted molar refractivity (Wildman–Crippen MR) is 117 cm³/mol. The smallest absolute Gasteiger partial charge is 0.291 e. The standard InChI is InChI=1S/C23H21NO7S/c1-2-30-18-11-13(7-8-16(18)25)20-19-21(26)15-5-3-4-6-17(15)31-22(19)23(27)24(20)14-9-10-32(28,29)12-14/h3-8,11,14,20,25H,2,9-10,12H2,1H3/t14-,20-/m0/s1. The van der Waals surface area contributed by atoms with Crippen LogP contribution in [0.5, 0.6) is 11.5 Å². The molecule has 8 nitrogen and oxygen atoms in total. The van der Waals surface area contributed by atoms with Crippen LogP contribution in [0.2, 0.25) is 0 Å². The van der Waals surface area contributed by atoms with Crippen LogP contribution in [-0.2, 0) is 9.84 Å². The number of sulfone groups is 1. The van der Waals surface area contributed by atoms with Crippen molar-refractivity contribution in [1.82, 2.24) is 4.90 Å². The van der Waals surface area contributed by atoms with Crippen molar-refractivity contribution >= 4 is 26.7 Å². The van der Waals surface area contributed by atoms with Gasteiger partial charge < -0.3 is 19.2 Å². The quantitative estimate of drug-likeness (QED) is 0.643. The number of hydrogen-bond acceptors (Lipinski definition) is 7. The van der Waals surface area contributed by atoms with E-state index in [1.165, 1.54) is 11.0 Å². The summed E-state index contributed by atoms with van der Waals surface area (Å²) < 4.78 is 35.7. The lowest BCUT2D eigenvalue weighted by Crippen LogP contribution is -2.40. The lowest BCUT2D eigenvalue weighted by atomic mass is 9.97. The minimum atomic E-state index is -3.29. The third-order valence-electron chi connectivity index (χ3n) is 6.01. The maximum absolute atomic E-state index is 13.5. The number of rotatable bonds is 4. The van der Waals surface area contributed by atoms with E-state index in [1.54, 1.807) is 43.3 Å². The maximum Gasteiger partial charge on any atom is 0.291 e. The molecule has 2 aliphatic rings. The Bertz CT molecular complexity index is 1410. The number of carbonyl (C=O) groups excluding carboxylic acids is 1. The molecule has 3 aromatic rings. The zero-order valence-corrected chi connectivity index (χ0v) is 18.1. The van der Waals surface area contributed by atoms with E-state index in [-0.39, 0.29) is 46.2 Å². The van der Waals surface area contributed by atoms with E-state index >= 15 is 0 Å². The van der Waals surface area contributed by atoms with Gasteiger partial charge in [-0.05, 0) is 43.2 Å². The average molecular weight is 455 g/mol. The molecule has 1 aromatic heterocycles. The highest BCUT2D eigenvalue weighted by Crippen LogP contribution is 2.43. The second kappa shape index (κ2) is 7.37. The van der Waals surface area contributed by atoms with Crippen LogP contribution < -0.4 is 10.2 Å². The third kappa shape index (κ3) is 3.15. The molecular weight excluding hydrogens is 434 g/mol. The summed E-state index contributed by atoms with van der Waals surface area (Å²) in [6, 6.07) is 9.87.